The third-order valence-corrected chi connectivity index (χ3v) is 7.58. The SMILES string of the molecule is Cc1nc(N[C@H](C)c2cccc(-c3ccc(C(=O)NCCN(C)C)cc3)c2)c2cc(N3CCOCC3)c(=O)n(C)c2n1. The number of fused-ring (bicyclic) bond motifs is 1. The van der Waals surface area contributed by atoms with E-state index in [0.717, 1.165) is 28.6 Å². The Hall–Kier alpha value is -4.28. The van der Waals surface area contributed by atoms with Gasteiger partial charge < -0.3 is 25.2 Å². The molecule has 4 aromatic rings. The lowest BCUT2D eigenvalue weighted by Gasteiger charge is -2.29. The van der Waals surface area contributed by atoms with Crippen LogP contribution in [0.25, 0.3) is 22.2 Å². The predicted molar refractivity (Wildman–Crippen MR) is 167 cm³/mol. The first-order valence-corrected chi connectivity index (χ1v) is 14.3. The predicted octanol–water partition coefficient (Wildman–Crippen LogP) is 3.61. The monoisotopic (exact) mass is 569 g/mol. The van der Waals surface area contributed by atoms with E-state index in [9.17, 15) is 9.59 Å². The van der Waals surface area contributed by atoms with E-state index >= 15 is 0 Å². The summed E-state index contributed by atoms with van der Waals surface area (Å²) < 4.78 is 7.10. The number of benzene rings is 2. The minimum absolute atomic E-state index is 0.0726. The van der Waals surface area contributed by atoms with Gasteiger partial charge in [0.05, 0.1) is 18.6 Å². The summed E-state index contributed by atoms with van der Waals surface area (Å²) in [6.07, 6.45) is 0. The molecule has 2 aromatic carbocycles. The molecule has 3 heterocycles. The number of aryl methyl sites for hydroxylation is 2. The highest BCUT2D eigenvalue weighted by Crippen LogP contribution is 2.29. The standard InChI is InChI=1S/C32H39N7O3/c1-21(25-7-6-8-26(19-25)23-9-11-24(12-10-23)31(40)33-13-14-37(3)4)34-29-27-20-28(39-15-17-42-18-16-39)32(41)38(5)30(27)36-22(2)35-29/h6-12,19-21H,13-18H2,1-5H3,(H,33,40)(H,34,35,36)/t21-/m1/s1. The van der Waals surface area contributed by atoms with Crippen molar-refractivity contribution in [2.45, 2.75) is 19.9 Å². The van der Waals surface area contributed by atoms with Crippen molar-refractivity contribution in [1.82, 2.24) is 24.8 Å². The molecule has 1 saturated heterocycles. The van der Waals surface area contributed by atoms with Gasteiger partial charge in [0.15, 0.2) is 0 Å². The lowest BCUT2D eigenvalue weighted by atomic mass is 9.99. The molecule has 0 aliphatic carbocycles. The van der Waals surface area contributed by atoms with E-state index in [1.165, 1.54) is 0 Å². The number of anilines is 2. The second-order valence-corrected chi connectivity index (χ2v) is 11.0. The van der Waals surface area contributed by atoms with Crippen LogP contribution in [-0.4, -0.2) is 78.8 Å². The normalized spacial score (nSPS) is 14.3. The number of nitrogens with zero attached hydrogens (tertiary/aromatic N) is 5. The number of amides is 1. The summed E-state index contributed by atoms with van der Waals surface area (Å²) in [5, 5.41) is 7.34. The van der Waals surface area contributed by atoms with Crippen LogP contribution in [0.1, 0.15) is 34.7 Å². The molecular weight excluding hydrogens is 530 g/mol. The van der Waals surface area contributed by atoms with Crippen molar-refractivity contribution < 1.29 is 9.53 Å². The average molecular weight is 570 g/mol. The molecule has 1 aliphatic rings. The molecule has 1 atom stereocenters. The maximum atomic E-state index is 13.2. The van der Waals surface area contributed by atoms with Crippen molar-refractivity contribution in [1.29, 1.82) is 0 Å². The van der Waals surface area contributed by atoms with Gasteiger partial charge >= 0.3 is 0 Å². The minimum Gasteiger partial charge on any atom is -0.378 e. The van der Waals surface area contributed by atoms with Crippen LogP contribution in [0.4, 0.5) is 11.5 Å². The van der Waals surface area contributed by atoms with Crippen LogP contribution < -0.4 is 21.1 Å². The van der Waals surface area contributed by atoms with Crippen molar-refractivity contribution in [2.24, 2.45) is 7.05 Å². The molecule has 0 saturated carbocycles. The van der Waals surface area contributed by atoms with Gasteiger partial charge in [-0.1, -0.05) is 30.3 Å². The van der Waals surface area contributed by atoms with Gasteiger partial charge in [-0.15, -0.1) is 0 Å². The lowest BCUT2D eigenvalue weighted by Crippen LogP contribution is -2.40. The van der Waals surface area contributed by atoms with Gasteiger partial charge in [0.25, 0.3) is 11.5 Å². The third kappa shape index (κ3) is 6.45. The summed E-state index contributed by atoms with van der Waals surface area (Å²) in [7, 11) is 5.72. The van der Waals surface area contributed by atoms with Crippen LogP contribution in [0.5, 0.6) is 0 Å². The molecule has 2 N–H and O–H groups in total. The molecule has 0 bridgehead atoms. The smallest absolute Gasteiger partial charge is 0.275 e. The van der Waals surface area contributed by atoms with Crippen molar-refractivity contribution >= 4 is 28.4 Å². The number of carbonyl (C=O) groups excluding carboxylic acids is 1. The Balaban J connectivity index is 1.38. The molecule has 0 radical (unpaired) electrons. The van der Waals surface area contributed by atoms with E-state index in [-0.39, 0.29) is 17.5 Å². The van der Waals surface area contributed by atoms with Crippen LogP contribution in [0.2, 0.25) is 0 Å². The van der Waals surface area contributed by atoms with Crippen molar-refractivity contribution in [3.63, 3.8) is 0 Å². The molecule has 5 rings (SSSR count). The first kappa shape index (κ1) is 29.2. The summed E-state index contributed by atoms with van der Waals surface area (Å²) in [4.78, 5) is 39.2. The number of carbonyl (C=O) groups is 1. The van der Waals surface area contributed by atoms with Crippen molar-refractivity contribution in [3.05, 3.63) is 81.9 Å². The fraction of sp³-hybridized carbons (Fsp3) is 0.375. The number of ether oxygens (including phenoxy) is 1. The Morgan fingerprint density at radius 2 is 1.79 bits per heavy atom. The Morgan fingerprint density at radius 3 is 2.50 bits per heavy atom. The number of morpholine rings is 1. The van der Waals surface area contributed by atoms with Gasteiger partial charge in [-0.2, -0.15) is 0 Å². The summed E-state index contributed by atoms with van der Waals surface area (Å²) in [5.74, 6) is 1.20. The number of nitrogens with one attached hydrogen (secondary N) is 2. The van der Waals surface area contributed by atoms with Crippen LogP contribution >= 0.6 is 0 Å². The van der Waals surface area contributed by atoms with Crippen molar-refractivity contribution in [2.75, 3.05) is 63.7 Å². The zero-order valence-electron chi connectivity index (χ0n) is 25.0. The largest absolute Gasteiger partial charge is 0.378 e. The first-order valence-electron chi connectivity index (χ1n) is 14.3. The first-order chi connectivity index (χ1) is 20.2. The van der Waals surface area contributed by atoms with Gasteiger partial charge in [-0.25, -0.2) is 9.97 Å². The third-order valence-electron chi connectivity index (χ3n) is 7.58. The summed E-state index contributed by atoms with van der Waals surface area (Å²) in [6.45, 7) is 7.85. The van der Waals surface area contributed by atoms with Crippen LogP contribution in [-0.2, 0) is 11.8 Å². The summed E-state index contributed by atoms with van der Waals surface area (Å²) in [5.41, 5.74) is 4.96. The molecule has 0 unspecified atom stereocenters. The number of rotatable bonds is 9. The van der Waals surface area contributed by atoms with E-state index in [1.807, 2.05) is 62.3 Å². The van der Waals surface area contributed by atoms with Gasteiger partial charge in [-0.3, -0.25) is 14.2 Å². The van der Waals surface area contributed by atoms with E-state index < -0.39 is 0 Å². The molecule has 2 aromatic heterocycles. The van der Waals surface area contributed by atoms with Crippen LogP contribution in [0.15, 0.2) is 59.4 Å². The number of likely N-dealkylation sites (N-methyl/N-ethyl adjacent to an activating group) is 1. The lowest BCUT2D eigenvalue weighted by molar-refractivity contribution is 0.0951. The van der Waals surface area contributed by atoms with E-state index in [1.54, 1.807) is 11.6 Å². The highest BCUT2D eigenvalue weighted by molar-refractivity contribution is 5.94. The van der Waals surface area contributed by atoms with Crippen LogP contribution in [0.3, 0.4) is 0 Å². The van der Waals surface area contributed by atoms with Gasteiger partial charge in [0.1, 0.15) is 23.0 Å². The molecule has 220 valence electrons. The Kier molecular flexibility index (Phi) is 8.84. The van der Waals surface area contributed by atoms with Gasteiger partial charge in [0.2, 0.25) is 0 Å². The topological polar surface area (TPSA) is 105 Å². The zero-order valence-corrected chi connectivity index (χ0v) is 25.0. The van der Waals surface area contributed by atoms with Gasteiger partial charge in [-0.05, 0) is 68.9 Å². The van der Waals surface area contributed by atoms with E-state index in [0.29, 0.717) is 61.4 Å². The Morgan fingerprint density at radius 1 is 1.05 bits per heavy atom. The Bertz CT molecular complexity index is 1630. The number of aromatic nitrogens is 3. The van der Waals surface area contributed by atoms with Crippen LogP contribution in [0, 0.1) is 6.92 Å². The summed E-state index contributed by atoms with van der Waals surface area (Å²) >= 11 is 0. The molecule has 1 aliphatic heterocycles. The van der Waals surface area contributed by atoms with E-state index in [4.69, 9.17) is 9.72 Å². The second-order valence-electron chi connectivity index (χ2n) is 11.0. The molecule has 10 nitrogen and oxygen atoms in total. The minimum atomic E-state index is -0.0775. The maximum Gasteiger partial charge on any atom is 0.275 e. The highest BCUT2D eigenvalue weighted by Gasteiger charge is 2.20. The molecule has 1 amide bonds. The number of hydrogen-bond donors (Lipinski definition) is 2. The fourth-order valence-corrected chi connectivity index (χ4v) is 5.15. The molecule has 0 spiro atoms. The highest BCUT2D eigenvalue weighted by atomic mass is 16.5. The quantitative estimate of drug-likeness (QED) is 0.315. The maximum absolute atomic E-state index is 13.2. The second kappa shape index (κ2) is 12.7. The molecular formula is C32H39N7O3. The summed E-state index contributed by atoms with van der Waals surface area (Å²) in [6, 6.07) is 17.8. The van der Waals surface area contributed by atoms with E-state index in [2.05, 4.69) is 45.6 Å². The fourth-order valence-electron chi connectivity index (χ4n) is 5.15. The Labute approximate surface area is 246 Å². The van der Waals surface area contributed by atoms with Gasteiger partial charge in [0, 0.05) is 44.8 Å². The van der Waals surface area contributed by atoms with Crippen molar-refractivity contribution in [3.8, 4) is 11.1 Å². The zero-order chi connectivity index (χ0) is 29.8. The number of pyridine rings is 1. The molecule has 42 heavy (non-hydrogen) atoms. The molecule has 1 fully saturated rings. The number of hydrogen-bond acceptors (Lipinski definition) is 8. The molecule has 10 heteroatoms. The average Bonchev–Trinajstić information content (AvgIpc) is 2.99.